The third-order valence-electron chi connectivity index (χ3n) is 4.19. The van der Waals surface area contributed by atoms with Gasteiger partial charge in [0.2, 0.25) is 0 Å². The second-order valence-electron chi connectivity index (χ2n) is 7.46. The highest BCUT2D eigenvalue weighted by molar-refractivity contribution is 5.98. The highest BCUT2D eigenvalue weighted by atomic mass is 19.1. The zero-order valence-electron chi connectivity index (χ0n) is 15.8. The van der Waals surface area contributed by atoms with E-state index in [1.807, 2.05) is 24.3 Å². The van der Waals surface area contributed by atoms with E-state index >= 15 is 0 Å². The van der Waals surface area contributed by atoms with Crippen LogP contribution in [0.5, 0.6) is 0 Å². The number of aryl methyl sites for hydroxylation is 1. The lowest BCUT2D eigenvalue weighted by Gasteiger charge is -2.28. The zero-order chi connectivity index (χ0) is 19.8. The number of ether oxygens (including phenoxy) is 1. The number of hydrogen-bond acceptors (Lipinski definition) is 3. The minimum atomic E-state index is -1.22. The van der Waals surface area contributed by atoms with E-state index in [1.165, 1.54) is 12.1 Å². The Morgan fingerprint density at radius 2 is 1.85 bits per heavy atom. The van der Waals surface area contributed by atoms with Crippen molar-refractivity contribution in [3.05, 3.63) is 65.6 Å². The molecule has 0 spiro atoms. The zero-order valence-corrected chi connectivity index (χ0v) is 15.8. The van der Waals surface area contributed by atoms with Gasteiger partial charge in [-0.05, 0) is 57.0 Å². The van der Waals surface area contributed by atoms with Gasteiger partial charge in [0.15, 0.2) is 6.10 Å². The van der Waals surface area contributed by atoms with Gasteiger partial charge >= 0.3 is 5.97 Å². The summed E-state index contributed by atoms with van der Waals surface area (Å²) in [6, 6.07) is 13.6. The molecule has 0 amide bonds. The van der Waals surface area contributed by atoms with Gasteiger partial charge in [-0.25, -0.2) is 9.18 Å². The van der Waals surface area contributed by atoms with E-state index in [1.54, 1.807) is 39.8 Å². The van der Waals surface area contributed by atoms with Crippen LogP contribution in [0.4, 0.5) is 4.39 Å². The van der Waals surface area contributed by atoms with Gasteiger partial charge in [0.05, 0.1) is 11.1 Å². The van der Waals surface area contributed by atoms with Gasteiger partial charge in [-0.15, -0.1) is 0 Å². The highest BCUT2D eigenvalue weighted by Gasteiger charge is 2.32. The number of aromatic nitrogens is 1. The summed E-state index contributed by atoms with van der Waals surface area (Å²) in [4.78, 5) is 16.7. The lowest BCUT2D eigenvalue weighted by atomic mass is 9.91. The molecule has 27 heavy (non-hydrogen) atoms. The van der Waals surface area contributed by atoms with Gasteiger partial charge in [0.25, 0.3) is 0 Å². The number of benzene rings is 2. The first-order valence-corrected chi connectivity index (χ1v) is 8.73. The second kappa shape index (κ2) is 7.08. The molecular weight excluding hydrogens is 345 g/mol. The van der Waals surface area contributed by atoms with Crippen molar-refractivity contribution in [1.29, 1.82) is 0 Å². The summed E-state index contributed by atoms with van der Waals surface area (Å²) in [5, 5.41) is 10.6. The SMILES string of the molecule is Cc1nc2ccccc2c(-c2cccc(F)c2)c1C(OC(C)(C)C)C(=O)O. The Morgan fingerprint density at radius 1 is 1.15 bits per heavy atom. The lowest BCUT2D eigenvalue weighted by Crippen LogP contribution is -2.28. The molecule has 3 rings (SSSR count). The average Bonchev–Trinajstić information content (AvgIpc) is 2.58. The number of pyridine rings is 1. The van der Waals surface area contributed by atoms with E-state index in [4.69, 9.17) is 4.74 Å². The number of para-hydroxylation sites is 1. The van der Waals surface area contributed by atoms with Crippen molar-refractivity contribution < 1.29 is 19.0 Å². The Morgan fingerprint density at radius 3 is 2.48 bits per heavy atom. The molecule has 1 heterocycles. The third kappa shape index (κ3) is 3.98. The van der Waals surface area contributed by atoms with Crippen molar-refractivity contribution in [3.63, 3.8) is 0 Å². The molecule has 2 aromatic carbocycles. The largest absolute Gasteiger partial charge is 0.479 e. The fourth-order valence-corrected chi connectivity index (χ4v) is 3.21. The molecule has 0 bridgehead atoms. The fraction of sp³-hybridized carbons (Fsp3) is 0.273. The Hall–Kier alpha value is -2.79. The Balaban J connectivity index is 2.39. The first-order chi connectivity index (χ1) is 12.7. The summed E-state index contributed by atoms with van der Waals surface area (Å²) >= 11 is 0. The van der Waals surface area contributed by atoms with Crippen LogP contribution in [0.15, 0.2) is 48.5 Å². The molecule has 140 valence electrons. The molecule has 3 aromatic rings. The van der Waals surface area contributed by atoms with Crippen LogP contribution in [0.25, 0.3) is 22.0 Å². The number of rotatable bonds is 4. The monoisotopic (exact) mass is 367 g/mol. The van der Waals surface area contributed by atoms with E-state index in [2.05, 4.69) is 4.98 Å². The van der Waals surface area contributed by atoms with Gasteiger partial charge in [-0.3, -0.25) is 4.98 Å². The van der Waals surface area contributed by atoms with Gasteiger partial charge in [-0.2, -0.15) is 0 Å². The van der Waals surface area contributed by atoms with Crippen molar-refractivity contribution in [1.82, 2.24) is 4.98 Å². The second-order valence-corrected chi connectivity index (χ2v) is 7.46. The molecule has 0 aliphatic rings. The summed E-state index contributed by atoms with van der Waals surface area (Å²) in [5.74, 6) is -1.50. The van der Waals surface area contributed by atoms with Gasteiger partial charge in [0, 0.05) is 16.6 Å². The molecule has 0 radical (unpaired) electrons. The van der Waals surface area contributed by atoms with E-state index in [0.717, 1.165) is 10.9 Å². The molecule has 0 aliphatic heterocycles. The summed E-state index contributed by atoms with van der Waals surface area (Å²) in [7, 11) is 0. The predicted molar refractivity (Wildman–Crippen MR) is 103 cm³/mol. The number of aliphatic carboxylic acids is 1. The Kier molecular flexibility index (Phi) is 4.98. The fourth-order valence-electron chi connectivity index (χ4n) is 3.21. The minimum absolute atomic E-state index is 0.388. The van der Waals surface area contributed by atoms with Crippen molar-refractivity contribution in [2.45, 2.75) is 39.4 Å². The third-order valence-corrected chi connectivity index (χ3v) is 4.19. The number of hydrogen-bond donors (Lipinski definition) is 1. The molecule has 4 nitrogen and oxygen atoms in total. The maximum Gasteiger partial charge on any atom is 0.337 e. The molecule has 5 heteroatoms. The summed E-state index contributed by atoms with van der Waals surface area (Å²) in [6.07, 6.45) is -1.22. The van der Waals surface area contributed by atoms with Crippen molar-refractivity contribution in [3.8, 4) is 11.1 Å². The normalized spacial score (nSPS) is 12.9. The number of nitrogens with zero attached hydrogens (tertiary/aromatic N) is 1. The smallest absolute Gasteiger partial charge is 0.337 e. The van der Waals surface area contributed by atoms with Crippen molar-refractivity contribution in [2.75, 3.05) is 0 Å². The van der Waals surface area contributed by atoms with E-state index < -0.39 is 17.7 Å². The van der Waals surface area contributed by atoms with Crippen LogP contribution in [0.3, 0.4) is 0 Å². The quantitative estimate of drug-likeness (QED) is 0.681. The molecule has 1 atom stereocenters. The number of halogens is 1. The average molecular weight is 367 g/mol. The molecule has 0 fully saturated rings. The first-order valence-electron chi connectivity index (χ1n) is 8.73. The molecule has 1 aromatic heterocycles. The van der Waals surface area contributed by atoms with Crippen LogP contribution in [0.1, 0.15) is 38.1 Å². The Bertz CT molecular complexity index is 1010. The van der Waals surface area contributed by atoms with Crippen LogP contribution >= 0.6 is 0 Å². The molecule has 0 saturated heterocycles. The molecular formula is C22H22FNO3. The molecule has 0 saturated carbocycles. The predicted octanol–water partition coefficient (Wildman–Crippen LogP) is 5.29. The topological polar surface area (TPSA) is 59.4 Å². The summed E-state index contributed by atoms with van der Waals surface area (Å²) < 4.78 is 19.8. The summed E-state index contributed by atoms with van der Waals surface area (Å²) in [5.41, 5.74) is 2.26. The van der Waals surface area contributed by atoms with Crippen LogP contribution in [0, 0.1) is 12.7 Å². The number of carbonyl (C=O) groups is 1. The van der Waals surface area contributed by atoms with Crippen LogP contribution < -0.4 is 0 Å². The number of carboxylic acids is 1. The molecule has 0 aliphatic carbocycles. The maximum absolute atomic E-state index is 14.0. The van der Waals surface area contributed by atoms with E-state index in [9.17, 15) is 14.3 Å². The van der Waals surface area contributed by atoms with Gasteiger partial charge < -0.3 is 9.84 Å². The minimum Gasteiger partial charge on any atom is -0.479 e. The van der Waals surface area contributed by atoms with E-state index in [0.29, 0.717) is 22.4 Å². The van der Waals surface area contributed by atoms with Crippen LogP contribution in [0.2, 0.25) is 0 Å². The van der Waals surface area contributed by atoms with E-state index in [-0.39, 0.29) is 5.82 Å². The standard InChI is InChI=1S/C22H22FNO3/c1-13-18(20(21(25)26)27-22(2,3)4)19(14-8-7-9-15(23)12-14)16-10-5-6-11-17(16)24-13/h5-12,20H,1-4H3,(H,25,26). The van der Waals surface area contributed by atoms with Crippen molar-refractivity contribution in [2.24, 2.45) is 0 Å². The number of carboxylic acid groups (broad SMARTS) is 1. The molecule has 1 unspecified atom stereocenters. The van der Waals surface area contributed by atoms with Gasteiger partial charge in [0.1, 0.15) is 5.82 Å². The molecule has 1 N–H and O–H groups in total. The Labute approximate surface area is 157 Å². The lowest BCUT2D eigenvalue weighted by molar-refractivity contribution is -0.160. The maximum atomic E-state index is 14.0. The van der Waals surface area contributed by atoms with Crippen LogP contribution in [-0.2, 0) is 9.53 Å². The first kappa shape index (κ1) is 19.0. The summed E-state index contributed by atoms with van der Waals surface area (Å²) in [6.45, 7) is 7.16. The van der Waals surface area contributed by atoms with Crippen LogP contribution in [-0.4, -0.2) is 21.7 Å². The highest BCUT2D eigenvalue weighted by Crippen LogP contribution is 2.39. The van der Waals surface area contributed by atoms with Crippen molar-refractivity contribution >= 4 is 16.9 Å². The number of fused-ring (bicyclic) bond motifs is 1. The van der Waals surface area contributed by atoms with Gasteiger partial charge in [-0.1, -0.05) is 30.3 Å².